The molecular weight excluding hydrogens is 336 g/mol. The van der Waals surface area contributed by atoms with Crippen molar-refractivity contribution in [3.63, 3.8) is 0 Å². The first-order chi connectivity index (χ1) is 12.9. The summed E-state index contributed by atoms with van der Waals surface area (Å²) in [5.74, 6) is -0.102. The predicted octanol–water partition coefficient (Wildman–Crippen LogP) is 4.54. The highest BCUT2D eigenvalue weighted by Gasteiger charge is 2.18. The van der Waals surface area contributed by atoms with Gasteiger partial charge in [0.2, 0.25) is 5.91 Å². The molecule has 1 unspecified atom stereocenters. The zero-order valence-electron chi connectivity index (χ0n) is 16.3. The summed E-state index contributed by atoms with van der Waals surface area (Å²) >= 11 is 0. The molecule has 2 rings (SSSR count). The van der Waals surface area contributed by atoms with Crippen LogP contribution in [-0.4, -0.2) is 18.4 Å². The number of nitrogens with one attached hydrogen (secondary N) is 2. The highest BCUT2D eigenvalue weighted by Crippen LogP contribution is 2.21. The zero-order chi connectivity index (χ0) is 19.8. The van der Waals surface area contributed by atoms with Gasteiger partial charge < -0.3 is 10.6 Å². The fourth-order valence-corrected chi connectivity index (χ4v) is 2.86. The molecule has 0 spiro atoms. The molecule has 0 radical (unpaired) electrons. The van der Waals surface area contributed by atoms with E-state index in [9.17, 15) is 9.59 Å². The first-order valence-corrected chi connectivity index (χ1v) is 9.30. The smallest absolute Gasteiger partial charge is 0.253 e. The average molecular weight is 364 g/mol. The van der Waals surface area contributed by atoms with Gasteiger partial charge in [0.1, 0.15) is 0 Å². The molecular formula is C23H28N2O2. The Morgan fingerprint density at radius 3 is 2.33 bits per heavy atom. The molecule has 4 nitrogen and oxygen atoms in total. The van der Waals surface area contributed by atoms with Gasteiger partial charge in [0, 0.05) is 6.54 Å². The van der Waals surface area contributed by atoms with Crippen LogP contribution in [0.4, 0.5) is 5.69 Å². The van der Waals surface area contributed by atoms with E-state index in [4.69, 9.17) is 0 Å². The van der Waals surface area contributed by atoms with Crippen molar-refractivity contribution in [2.24, 2.45) is 5.92 Å². The number of carbonyl (C=O) groups is 2. The van der Waals surface area contributed by atoms with Crippen LogP contribution in [0, 0.1) is 5.92 Å². The summed E-state index contributed by atoms with van der Waals surface area (Å²) in [7, 11) is 0. The molecule has 0 saturated heterocycles. The minimum atomic E-state index is -0.317. The molecule has 0 bridgehead atoms. The maximum absolute atomic E-state index is 12.7. The maximum atomic E-state index is 12.7. The molecule has 27 heavy (non-hydrogen) atoms. The molecule has 0 aliphatic heterocycles. The van der Waals surface area contributed by atoms with Crippen molar-refractivity contribution in [2.45, 2.75) is 33.1 Å². The van der Waals surface area contributed by atoms with Crippen LogP contribution in [0.5, 0.6) is 0 Å². The van der Waals surface area contributed by atoms with Crippen LogP contribution in [0.1, 0.15) is 48.2 Å². The van der Waals surface area contributed by atoms with Crippen LogP contribution in [0.2, 0.25) is 0 Å². The SMILES string of the molecule is C=CCNC(=O)c1ccccc1NC(=O)C(C)c1ccc(CC(C)C)cc1. The number of rotatable bonds is 8. The molecule has 142 valence electrons. The van der Waals surface area contributed by atoms with E-state index < -0.39 is 0 Å². The van der Waals surface area contributed by atoms with Gasteiger partial charge in [-0.05, 0) is 42.5 Å². The fourth-order valence-electron chi connectivity index (χ4n) is 2.86. The highest BCUT2D eigenvalue weighted by atomic mass is 16.2. The third kappa shape index (κ3) is 5.81. The first-order valence-electron chi connectivity index (χ1n) is 9.30. The minimum absolute atomic E-state index is 0.143. The summed E-state index contributed by atoms with van der Waals surface area (Å²) < 4.78 is 0. The summed E-state index contributed by atoms with van der Waals surface area (Å²) in [6.45, 7) is 10.2. The topological polar surface area (TPSA) is 58.2 Å². The molecule has 0 fully saturated rings. The quantitative estimate of drug-likeness (QED) is 0.676. The van der Waals surface area contributed by atoms with Crippen LogP contribution in [0.3, 0.4) is 0 Å². The third-order valence-corrected chi connectivity index (χ3v) is 4.35. The lowest BCUT2D eigenvalue weighted by Gasteiger charge is -2.15. The van der Waals surface area contributed by atoms with E-state index in [1.165, 1.54) is 5.56 Å². The summed E-state index contributed by atoms with van der Waals surface area (Å²) in [5.41, 5.74) is 3.17. The molecule has 0 aliphatic carbocycles. The second-order valence-electron chi connectivity index (χ2n) is 7.09. The number of hydrogen-bond acceptors (Lipinski definition) is 2. The number of amides is 2. The van der Waals surface area contributed by atoms with Gasteiger partial charge in [-0.3, -0.25) is 9.59 Å². The van der Waals surface area contributed by atoms with Crippen LogP contribution in [0.15, 0.2) is 61.2 Å². The largest absolute Gasteiger partial charge is 0.349 e. The highest BCUT2D eigenvalue weighted by molar-refractivity contribution is 6.05. The number of anilines is 1. The van der Waals surface area contributed by atoms with E-state index in [2.05, 4.69) is 43.2 Å². The Balaban J connectivity index is 2.10. The van der Waals surface area contributed by atoms with E-state index in [0.717, 1.165) is 12.0 Å². The van der Waals surface area contributed by atoms with E-state index in [-0.39, 0.29) is 17.7 Å². The van der Waals surface area contributed by atoms with Gasteiger partial charge in [0.15, 0.2) is 0 Å². The molecule has 2 amide bonds. The van der Waals surface area contributed by atoms with E-state index in [1.54, 1.807) is 30.3 Å². The lowest BCUT2D eigenvalue weighted by atomic mass is 9.96. The summed E-state index contributed by atoms with van der Waals surface area (Å²) in [4.78, 5) is 25.0. The van der Waals surface area contributed by atoms with Crippen molar-refractivity contribution in [1.29, 1.82) is 0 Å². The summed E-state index contributed by atoms with van der Waals surface area (Å²) in [5, 5.41) is 5.62. The number of benzene rings is 2. The summed E-state index contributed by atoms with van der Waals surface area (Å²) in [6, 6.07) is 15.2. The molecule has 0 aromatic heterocycles. The maximum Gasteiger partial charge on any atom is 0.253 e. The average Bonchev–Trinajstić information content (AvgIpc) is 2.66. The van der Waals surface area contributed by atoms with Gasteiger partial charge in [-0.1, -0.05) is 56.3 Å². The van der Waals surface area contributed by atoms with Crippen molar-refractivity contribution < 1.29 is 9.59 Å². The van der Waals surface area contributed by atoms with Crippen molar-refractivity contribution in [2.75, 3.05) is 11.9 Å². The molecule has 1 atom stereocenters. The Labute approximate surface area is 161 Å². The predicted molar refractivity (Wildman–Crippen MR) is 111 cm³/mol. The van der Waals surface area contributed by atoms with Crippen LogP contribution >= 0.6 is 0 Å². The standard InChI is InChI=1S/C23H28N2O2/c1-5-14-24-23(27)20-8-6-7-9-21(20)25-22(26)17(4)19-12-10-18(11-13-19)15-16(2)3/h5-13,16-17H,1,14-15H2,2-4H3,(H,24,27)(H,25,26). The normalized spacial score (nSPS) is 11.7. The second-order valence-corrected chi connectivity index (χ2v) is 7.09. The Kier molecular flexibility index (Phi) is 7.35. The summed E-state index contributed by atoms with van der Waals surface area (Å²) in [6.07, 6.45) is 2.64. The Bertz CT molecular complexity index is 794. The van der Waals surface area contributed by atoms with Crippen molar-refractivity contribution >= 4 is 17.5 Å². The van der Waals surface area contributed by atoms with Gasteiger partial charge in [-0.2, -0.15) is 0 Å². The van der Waals surface area contributed by atoms with Gasteiger partial charge in [0.25, 0.3) is 5.91 Å². The molecule has 2 N–H and O–H groups in total. The van der Waals surface area contributed by atoms with E-state index >= 15 is 0 Å². The first kappa shape index (κ1) is 20.4. The minimum Gasteiger partial charge on any atom is -0.349 e. The third-order valence-electron chi connectivity index (χ3n) is 4.35. The van der Waals surface area contributed by atoms with Gasteiger partial charge in [-0.15, -0.1) is 6.58 Å². The second kappa shape index (κ2) is 9.72. The Morgan fingerprint density at radius 1 is 1.04 bits per heavy atom. The number of para-hydroxylation sites is 1. The molecule has 4 heteroatoms. The van der Waals surface area contributed by atoms with Crippen molar-refractivity contribution in [3.05, 3.63) is 77.9 Å². The van der Waals surface area contributed by atoms with Crippen LogP contribution in [0.25, 0.3) is 0 Å². The monoisotopic (exact) mass is 364 g/mol. The molecule has 2 aromatic rings. The van der Waals surface area contributed by atoms with Gasteiger partial charge in [-0.25, -0.2) is 0 Å². The molecule has 0 saturated carbocycles. The van der Waals surface area contributed by atoms with Crippen molar-refractivity contribution in [3.8, 4) is 0 Å². The fraction of sp³-hybridized carbons (Fsp3) is 0.304. The van der Waals surface area contributed by atoms with Gasteiger partial charge in [0.05, 0.1) is 17.2 Å². The van der Waals surface area contributed by atoms with Gasteiger partial charge >= 0.3 is 0 Å². The van der Waals surface area contributed by atoms with E-state index in [1.807, 2.05) is 19.1 Å². The zero-order valence-corrected chi connectivity index (χ0v) is 16.3. The number of hydrogen-bond donors (Lipinski definition) is 2. The Morgan fingerprint density at radius 2 is 1.70 bits per heavy atom. The number of carbonyl (C=O) groups excluding carboxylic acids is 2. The van der Waals surface area contributed by atoms with Crippen LogP contribution in [-0.2, 0) is 11.2 Å². The lowest BCUT2D eigenvalue weighted by Crippen LogP contribution is -2.26. The molecule has 0 heterocycles. The molecule has 2 aromatic carbocycles. The van der Waals surface area contributed by atoms with Crippen molar-refractivity contribution in [1.82, 2.24) is 5.32 Å². The lowest BCUT2D eigenvalue weighted by molar-refractivity contribution is -0.117. The Hall–Kier alpha value is -2.88. The molecule has 0 aliphatic rings. The van der Waals surface area contributed by atoms with Crippen LogP contribution < -0.4 is 10.6 Å². The van der Waals surface area contributed by atoms with E-state index in [0.29, 0.717) is 23.7 Å².